The molecule has 1 saturated heterocycles. The SMILES string of the molecule is CN(C)c1ccc(CNC(=O)c2ccc(CN3CCC(Cc4ccccc4)CC3)cc2)cc1. The van der Waals surface area contributed by atoms with Gasteiger partial charge in [-0.15, -0.1) is 0 Å². The van der Waals surface area contributed by atoms with Gasteiger partial charge in [0.2, 0.25) is 0 Å². The lowest BCUT2D eigenvalue weighted by molar-refractivity contribution is 0.0951. The topological polar surface area (TPSA) is 35.6 Å². The Morgan fingerprint density at radius 2 is 1.48 bits per heavy atom. The predicted molar refractivity (Wildman–Crippen MR) is 137 cm³/mol. The molecule has 0 unspecified atom stereocenters. The van der Waals surface area contributed by atoms with Crippen molar-refractivity contribution in [1.29, 1.82) is 0 Å². The van der Waals surface area contributed by atoms with Crippen LogP contribution in [0.4, 0.5) is 5.69 Å². The number of amides is 1. The Hall–Kier alpha value is -3.11. The van der Waals surface area contributed by atoms with Crippen molar-refractivity contribution in [2.75, 3.05) is 32.1 Å². The van der Waals surface area contributed by atoms with Crippen LogP contribution >= 0.6 is 0 Å². The summed E-state index contributed by atoms with van der Waals surface area (Å²) in [5, 5.41) is 3.03. The Balaban J connectivity index is 1.21. The zero-order valence-corrected chi connectivity index (χ0v) is 19.8. The molecule has 0 aliphatic carbocycles. The number of hydrogen-bond acceptors (Lipinski definition) is 3. The molecule has 1 N–H and O–H groups in total. The van der Waals surface area contributed by atoms with Crippen LogP contribution in [0.2, 0.25) is 0 Å². The first-order valence-electron chi connectivity index (χ1n) is 12.0. The maximum absolute atomic E-state index is 12.6. The van der Waals surface area contributed by atoms with E-state index in [1.54, 1.807) is 0 Å². The van der Waals surface area contributed by atoms with Gasteiger partial charge in [0.05, 0.1) is 0 Å². The summed E-state index contributed by atoms with van der Waals surface area (Å²) in [4.78, 5) is 17.2. The summed E-state index contributed by atoms with van der Waals surface area (Å²) in [6, 6.07) is 27.2. The highest BCUT2D eigenvalue weighted by atomic mass is 16.1. The zero-order chi connectivity index (χ0) is 23.0. The van der Waals surface area contributed by atoms with Crippen LogP contribution < -0.4 is 10.2 Å². The minimum atomic E-state index is -0.0278. The third-order valence-corrected chi connectivity index (χ3v) is 6.60. The highest BCUT2D eigenvalue weighted by Gasteiger charge is 2.19. The van der Waals surface area contributed by atoms with Gasteiger partial charge in [-0.2, -0.15) is 0 Å². The maximum Gasteiger partial charge on any atom is 0.251 e. The van der Waals surface area contributed by atoms with Crippen LogP contribution in [0.1, 0.15) is 39.9 Å². The summed E-state index contributed by atoms with van der Waals surface area (Å²) in [5.41, 5.74) is 5.69. The van der Waals surface area contributed by atoms with E-state index in [1.165, 1.54) is 30.4 Å². The minimum Gasteiger partial charge on any atom is -0.378 e. The summed E-state index contributed by atoms with van der Waals surface area (Å²) in [7, 11) is 4.04. The normalized spacial score (nSPS) is 14.7. The van der Waals surface area contributed by atoms with Gasteiger partial charge in [0.1, 0.15) is 0 Å². The molecule has 4 heteroatoms. The number of hydrogen-bond donors (Lipinski definition) is 1. The molecule has 0 radical (unpaired) electrons. The maximum atomic E-state index is 12.6. The molecule has 0 atom stereocenters. The van der Waals surface area contributed by atoms with Crippen LogP contribution in [-0.4, -0.2) is 38.0 Å². The van der Waals surface area contributed by atoms with Crippen molar-refractivity contribution in [3.05, 3.63) is 101 Å². The van der Waals surface area contributed by atoms with E-state index >= 15 is 0 Å². The number of carbonyl (C=O) groups is 1. The van der Waals surface area contributed by atoms with Crippen LogP contribution in [0.15, 0.2) is 78.9 Å². The van der Waals surface area contributed by atoms with Gasteiger partial charge >= 0.3 is 0 Å². The molecule has 0 aromatic heterocycles. The van der Waals surface area contributed by atoms with Gasteiger partial charge in [0.25, 0.3) is 5.91 Å². The summed E-state index contributed by atoms with van der Waals surface area (Å²) >= 11 is 0. The molecule has 4 rings (SSSR count). The second-order valence-electron chi connectivity index (χ2n) is 9.35. The van der Waals surface area contributed by atoms with Crippen molar-refractivity contribution < 1.29 is 4.79 Å². The summed E-state index contributed by atoms with van der Waals surface area (Å²) in [6.45, 7) is 3.78. The molecular formula is C29H35N3O. The Morgan fingerprint density at radius 3 is 2.12 bits per heavy atom. The molecule has 1 fully saturated rings. The summed E-state index contributed by atoms with van der Waals surface area (Å²) in [6.07, 6.45) is 3.70. The average molecular weight is 442 g/mol. The fraction of sp³-hybridized carbons (Fsp3) is 0.345. The van der Waals surface area contributed by atoms with E-state index in [1.807, 2.05) is 26.2 Å². The summed E-state index contributed by atoms with van der Waals surface area (Å²) in [5.74, 6) is 0.758. The molecule has 0 saturated carbocycles. The molecule has 0 bridgehead atoms. The third kappa shape index (κ3) is 6.69. The van der Waals surface area contributed by atoms with Gasteiger partial charge in [-0.1, -0.05) is 54.6 Å². The second kappa shape index (κ2) is 11.2. The van der Waals surface area contributed by atoms with Crippen LogP contribution in [0.3, 0.4) is 0 Å². The van der Waals surface area contributed by atoms with Gasteiger partial charge in [-0.3, -0.25) is 9.69 Å². The number of rotatable bonds is 8. The van der Waals surface area contributed by atoms with E-state index in [0.29, 0.717) is 12.1 Å². The molecule has 1 amide bonds. The van der Waals surface area contributed by atoms with Gasteiger partial charge < -0.3 is 10.2 Å². The first kappa shape index (κ1) is 23.1. The van der Waals surface area contributed by atoms with Crippen molar-refractivity contribution in [1.82, 2.24) is 10.2 Å². The van der Waals surface area contributed by atoms with E-state index in [9.17, 15) is 4.79 Å². The van der Waals surface area contributed by atoms with E-state index in [0.717, 1.165) is 36.8 Å². The van der Waals surface area contributed by atoms with Crippen molar-refractivity contribution in [3.8, 4) is 0 Å². The number of likely N-dealkylation sites (tertiary alicyclic amines) is 1. The van der Waals surface area contributed by atoms with E-state index < -0.39 is 0 Å². The molecular weight excluding hydrogens is 406 g/mol. The van der Waals surface area contributed by atoms with E-state index in [2.05, 4.69) is 81.8 Å². The quantitative estimate of drug-likeness (QED) is 0.526. The number of piperidine rings is 1. The first-order valence-corrected chi connectivity index (χ1v) is 12.0. The van der Waals surface area contributed by atoms with Crippen LogP contribution in [-0.2, 0) is 19.5 Å². The largest absolute Gasteiger partial charge is 0.378 e. The monoisotopic (exact) mass is 441 g/mol. The number of carbonyl (C=O) groups excluding carboxylic acids is 1. The van der Waals surface area contributed by atoms with Gasteiger partial charge in [-0.05, 0) is 79.2 Å². The molecule has 1 heterocycles. The Kier molecular flexibility index (Phi) is 7.79. The Labute approximate surface area is 198 Å². The number of anilines is 1. The van der Waals surface area contributed by atoms with Gasteiger partial charge in [0, 0.05) is 38.4 Å². The zero-order valence-electron chi connectivity index (χ0n) is 19.8. The fourth-order valence-electron chi connectivity index (χ4n) is 4.51. The molecule has 4 nitrogen and oxygen atoms in total. The highest BCUT2D eigenvalue weighted by molar-refractivity contribution is 5.94. The molecule has 3 aromatic rings. The van der Waals surface area contributed by atoms with E-state index in [-0.39, 0.29) is 5.91 Å². The Bertz CT molecular complexity index is 1000. The van der Waals surface area contributed by atoms with Crippen LogP contribution in [0.25, 0.3) is 0 Å². The standard InChI is InChI=1S/C29H35N3O/c1-31(2)28-14-10-25(11-15-28)21-30-29(33)27-12-8-26(9-13-27)22-32-18-16-24(17-19-32)20-23-6-4-3-5-7-23/h3-15,24H,16-22H2,1-2H3,(H,30,33). The number of nitrogens with zero attached hydrogens (tertiary/aromatic N) is 2. The number of benzene rings is 3. The Morgan fingerprint density at radius 1 is 0.848 bits per heavy atom. The third-order valence-electron chi connectivity index (χ3n) is 6.60. The molecule has 33 heavy (non-hydrogen) atoms. The highest BCUT2D eigenvalue weighted by Crippen LogP contribution is 2.23. The molecule has 3 aromatic carbocycles. The van der Waals surface area contributed by atoms with E-state index in [4.69, 9.17) is 0 Å². The smallest absolute Gasteiger partial charge is 0.251 e. The number of nitrogens with one attached hydrogen (secondary N) is 1. The molecule has 1 aliphatic heterocycles. The molecule has 172 valence electrons. The van der Waals surface area contributed by atoms with Crippen molar-refractivity contribution in [3.63, 3.8) is 0 Å². The molecule has 1 aliphatic rings. The average Bonchev–Trinajstić information content (AvgIpc) is 2.85. The van der Waals surface area contributed by atoms with Crippen molar-refractivity contribution in [2.24, 2.45) is 5.92 Å². The molecule has 0 spiro atoms. The van der Waals surface area contributed by atoms with Crippen molar-refractivity contribution in [2.45, 2.75) is 32.4 Å². The van der Waals surface area contributed by atoms with Crippen LogP contribution in [0.5, 0.6) is 0 Å². The lowest BCUT2D eigenvalue weighted by Crippen LogP contribution is -2.33. The lowest BCUT2D eigenvalue weighted by atomic mass is 9.90. The van der Waals surface area contributed by atoms with Gasteiger partial charge in [-0.25, -0.2) is 0 Å². The summed E-state index contributed by atoms with van der Waals surface area (Å²) < 4.78 is 0. The van der Waals surface area contributed by atoms with Crippen molar-refractivity contribution >= 4 is 11.6 Å². The fourth-order valence-corrected chi connectivity index (χ4v) is 4.51. The lowest BCUT2D eigenvalue weighted by Gasteiger charge is -2.32. The second-order valence-corrected chi connectivity index (χ2v) is 9.35. The first-order chi connectivity index (χ1) is 16.1. The van der Waals surface area contributed by atoms with Gasteiger partial charge in [0.15, 0.2) is 0 Å². The minimum absolute atomic E-state index is 0.0278. The predicted octanol–water partition coefficient (Wildman–Crippen LogP) is 5.14. The van der Waals surface area contributed by atoms with Crippen LogP contribution in [0, 0.1) is 5.92 Å².